The van der Waals surface area contributed by atoms with E-state index in [9.17, 15) is 9.59 Å². The van der Waals surface area contributed by atoms with Gasteiger partial charge in [-0.05, 0) is 23.1 Å². The highest BCUT2D eigenvalue weighted by molar-refractivity contribution is 5.99. The first-order valence-corrected chi connectivity index (χ1v) is 5.69. The van der Waals surface area contributed by atoms with Crippen molar-refractivity contribution in [1.29, 1.82) is 0 Å². The highest BCUT2D eigenvalue weighted by atomic mass is 16.5. The van der Waals surface area contributed by atoms with Crippen LogP contribution in [0.2, 0.25) is 0 Å². The van der Waals surface area contributed by atoms with E-state index in [0.717, 1.165) is 5.56 Å². The highest BCUT2D eigenvalue weighted by Gasteiger charge is 2.22. The number of carbonyl (C=O) groups excluding carboxylic acids is 1. The van der Waals surface area contributed by atoms with Gasteiger partial charge in [-0.1, -0.05) is 20.8 Å². The average molecular weight is 266 g/mol. The summed E-state index contributed by atoms with van der Waals surface area (Å²) in [6.45, 7) is 5.85. The van der Waals surface area contributed by atoms with Crippen LogP contribution in [0.5, 0.6) is 5.75 Å². The maximum atomic E-state index is 11.5. The molecule has 0 atom stereocenters. The molecule has 0 heterocycles. The summed E-state index contributed by atoms with van der Waals surface area (Å²) in [5.41, 5.74) is 6.19. The minimum Gasteiger partial charge on any atom is -0.494 e. The van der Waals surface area contributed by atoms with Crippen LogP contribution in [0.1, 0.15) is 36.7 Å². The number of nitrogens with two attached hydrogens (primary N) is 1. The number of primary amides is 1. The maximum Gasteiger partial charge on any atom is 0.409 e. The summed E-state index contributed by atoms with van der Waals surface area (Å²) >= 11 is 0. The topological polar surface area (TPSA) is 102 Å². The molecule has 2 amide bonds. The standard InChI is InChI=1S/C13H18N2O4/c1-13(2,3)7-5-8(11(14)16)10(19-4)9(6-7)15-12(17)18/h5-6,15H,1-4H3,(H2,14,16)(H,17,18). The van der Waals surface area contributed by atoms with Gasteiger partial charge in [-0.3, -0.25) is 10.1 Å². The Morgan fingerprint density at radius 2 is 1.89 bits per heavy atom. The Kier molecular flexibility index (Phi) is 4.04. The van der Waals surface area contributed by atoms with Crippen molar-refractivity contribution in [3.05, 3.63) is 23.3 Å². The van der Waals surface area contributed by atoms with E-state index in [0.29, 0.717) is 0 Å². The van der Waals surface area contributed by atoms with Crippen molar-refractivity contribution in [1.82, 2.24) is 0 Å². The predicted octanol–water partition coefficient (Wildman–Crippen LogP) is 2.18. The number of benzene rings is 1. The van der Waals surface area contributed by atoms with Crippen LogP contribution in [-0.4, -0.2) is 24.2 Å². The number of carbonyl (C=O) groups is 2. The minimum atomic E-state index is -1.24. The normalized spacial score (nSPS) is 10.9. The molecule has 0 aromatic heterocycles. The van der Waals surface area contributed by atoms with Gasteiger partial charge in [0.15, 0.2) is 5.75 Å². The molecule has 19 heavy (non-hydrogen) atoms. The van der Waals surface area contributed by atoms with Crippen molar-refractivity contribution in [3.8, 4) is 5.75 Å². The first-order valence-electron chi connectivity index (χ1n) is 5.69. The molecule has 0 spiro atoms. The lowest BCUT2D eigenvalue weighted by Gasteiger charge is -2.22. The number of anilines is 1. The van der Waals surface area contributed by atoms with E-state index in [2.05, 4.69) is 5.32 Å². The average Bonchev–Trinajstić information content (AvgIpc) is 2.25. The van der Waals surface area contributed by atoms with Gasteiger partial charge in [0.2, 0.25) is 0 Å². The van der Waals surface area contributed by atoms with E-state index >= 15 is 0 Å². The molecule has 0 aliphatic carbocycles. The van der Waals surface area contributed by atoms with E-state index in [4.69, 9.17) is 15.6 Å². The van der Waals surface area contributed by atoms with E-state index in [1.807, 2.05) is 20.8 Å². The largest absolute Gasteiger partial charge is 0.494 e. The van der Waals surface area contributed by atoms with Crippen molar-refractivity contribution < 1.29 is 19.4 Å². The Bertz CT molecular complexity index is 518. The molecule has 6 heteroatoms. The summed E-state index contributed by atoms with van der Waals surface area (Å²) in [7, 11) is 1.35. The summed E-state index contributed by atoms with van der Waals surface area (Å²) in [6.07, 6.45) is -1.24. The van der Waals surface area contributed by atoms with Crippen LogP contribution in [0.4, 0.5) is 10.5 Å². The zero-order valence-electron chi connectivity index (χ0n) is 11.4. The fourth-order valence-electron chi connectivity index (χ4n) is 1.67. The van der Waals surface area contributed by atoms with Crippen LogP contribution >= 0.6 is 0 Å². The van der Waals surface area contributed by atoms with Crippen LogP contribution < -0.4 is 15.8 Å². The second-order valence-corrected chi connectivity index (χ2v) is 5.15. The maximum absolute atomic E-state index is 11.5. The summed E-state index contributed by atoms with van der Waals surface area (Å²) in [5.74, 6) is -0.542. The van der Waals surface area contributed by atoms with E-state index in [-0.39, 0.29) is 22.4 Å². The predicted molar refractivity (Wildman–Crippen MR) is 71.9 cm³/mol. The fraction of sp³-hybridized carbons (Fsp3) is 0.385. The molecule has 0 bridgehead atoms. The Morgan fingerprint density at radius 1 is 1.32 bits per heavy atom. The van der Waals surface area contributed by atoms with Gasteiger partial charge < -0.3 is 15.6 Å². The number of carboxylic acid groups (broad SMARTS) is 1. The van der Waals surface area contributed by atoms with Gasteiger partial charge in [0, 0.05) is 0 Å². The monoisotopic (exact) mass is 266 g/mol. The molecule has 4 N–H and O–H groups in total. The smallest absolute Gasteiger partial charge is 0.409 e. The number of hydrogen-bond donors (Lipinski definition) is 3. The molecule has 0 saturated heterocycles. The number of hydrogen-bond acceptors (Lipinski definition) is 3. The lowest BCUT2D eigenvalue weighted by molar-refractivity contribution is 0.0997. The Morgan fingerprint density at radius 3 is 2.26 bits per heavy atom. The molecular weight excluding hydrogens is 248 g/mol. The van der Waals surface area contributed by atoms with Gasteiger partial charge in [-0.15, -0.1) is 0 Å². The molecule has 0 unspecified atom stereocenters. The van der Waals surface area contributed by atoms with Gasteiger partial charge in [-0.25, -0.2) is 4.79 Å². The second-order valence-electron chi connectivity index (χ2n) is 5.15. The number of nitrogens with one attached hydrogen (secondary N) is 1. The first kappa shape index (κ1) is 14.8. The zero-order chi connectivity index (χ0) is 14.8. The number of amides is 2. The number of methoxy groups -OCH3 is 1. The first-order chi connectivity index (χ1) is 8.66. The van der Waals surface area contributed by atoms with Crippen LogP contribution in [0.3, 0.4) is 0 Å². The molecule has 0 saturated carbocycles. The Balaban J connectivity index is 3.54. The molecule has 0 radical (unpaired) electrons. The van der Waals surface area contributed by atoms with E-state index < -0.39 is 12.0 Å². The molecule has 6 nitrogen and oxygen atoms in total. The molecule has 1 aromatic carbocycles. The van der Waals surface area contributed by atoms with Gasteiger partial charge in [0.25, 0.3) is 5.91 Å². The quantitative estimate of drug-likeness (QED) is 0.780. The lowest BCUT2D eigenvalue weighted by Crippen LogP contribution is -2.19. The third kappa shape index (κ3) is 3.37. The minimum absolute atomic E-state index is 0.128. The fourth-order valence-corrected chi connectivity index (χ4v) is 1.67. The van der Waals surface area contributed by atoms with Crippen LogP contribution in [0.25, 0.3) is 0 Å². The van der Waals surface area contributed by atoms with Crippen LogP contribution in [-0.2, 0) is 5.41 Å². The van der Waals surface area contributed by atoms with E-state index in [1.54, 1.807) is 12.1 Å². The van der Waals surface area contributed by atoms with Gasteiger partial charge >= 0.3 is 6.09 Å². The van der Waals surface area contributed by atoms with Gasteiger partial charge in [0.1, 0.15) is 0 Å². The summed E-state index contributed by atoms with van der Waals surface area (Å²) in [5, 5.41) is 11.0. The van der Waals surface area contributed by atoms with Gasteiger partial charge in [0.05, 0.1) is 18.4 Å². The van der Waals surface area contributed by atoms with E-state index in [1.165, 1.54) is 7.11 Å². The Labute approximate surface area is 111 Å². The molecule has 1 rings (SSSR count). The molecule has 104 valence electrons. The summed E-state index contributed by atoms with van der Waals surface area (Å²) < 4.78 is 5.08. The molecule has 0 aliphatic rings. The zero-order valence-corrected chi connectivity index (χ0v) is 11.4. The lowest BCUT2D eigenvalue weighted by atomic mass is 9.85. The number of rotatable bonds is 3. The number of ether oxygens (including phenoxy) is 1. The third-order valence-electron chi connectivity index (χ3n) is 2.67. The van der Waals surface area contributed by atoms with Crippen molar-refractivity contribution in [2.45, 2.75) is 26.2 Å². The van der Waals surface area contributed by atoms with Crippen LogP contribution in [0.15, 0.2) is 12.1 Å². The van der Waals surface area contributed by atoms with Gasteiger partial charge in [-0.2, -0.15) is 0 Å². The Hall–Kier alpha value is -2.24. The van der Waals surface area contributed by atoms with Crippen molar-refractivity contribution in [3.63, 3.8) is 0 Å². The molecule has 0 fully saturated rings. The molecule has 1 aromatic rings. The third-order valence-corrected chi connectivity index (χ3v) is 2.67. The van der Waals surface area contributed by atoms with Crippen LogP contribution in [0, 0.1) is 0 Å². The molecular formula is C13H18N2O4. The van der Waals surface area contributed by atoms with Crippen molar-refractivity contribution in [2.75, 3.05) is 12.4 Å². The summed E-state index contributed by atoms with van der Waals surface area (Å²) in [4.78, 5) is 22.3. The highest BCUT2D eigenvalue weighted by Crippen LogP contribution is 2.35. The SMILES string of the molecule is COc1c(NC(=O)O)cc(C(C)(C)C)cc1C(N)=O. The van der Waals surface area contributed by atoms with Crippen molar-refractivity contribution in [2.24, 2.45) is 5.73 Å². The molecule has 0 aliphatic heterocycles. The summed E-state index contributed by atoms with van der Waals surface area (Å²) in [6, 6.07) is 3.26. The van der Waals surface area contributed by atoms with Crippen molar-refractivity contribution >= 4 is 17.7 Å². The second kappa shape index (κ2) is 5.17.